The van der Waals surface area contributed by atoms with Crippen LogP contribution in [0.25, 0.3) is 32.9 Å². The molecule has 7 aromatic rings. The van der Waals surface area contributed by atoms with Crippen LogP contribution in [0.3, 0.4) is 0 Å². The molecule has 2 aliphatic heterocycles. The first-order valence-corrected chi connectivity index (χ1v) is 29.4. The van der Waals surface area contributed by atoms with Crippen molar-refractivity contribution < 1.29 is 58.6 Å². The average molecular weight is 1150 g/mol. The fourth-order valence-electron chi connectivity index (χ4n) is 10.6. The Morgan fingerprint density at radius 1 is 0.642 bits per heavy atom. The van der Waals surface area contributed by atoms with E-state index in [9.17, 15) is 44.4 Å². The number of aromatic nitrogens is 2. The summed E-state index contributed by atoms with van der Waals surface area (Å²) in [4.78, 5) is 55.8. The van der Waals surface area contributed by atoms with Gasteiger partial charge in [0.1, 0.15) is 21.3 Å². The SMILES string of the molecule is COc1cc(C(=O)N2CCN(C(=O)OCCC3CCCC3)CC2)ccc1NS(=O)(=O)c1cccc2cc(-c3cc(S(=O)(=O)Nc4ccc(C(=O)N5CCN(Cc6ccc(C(F)(F)F)cc6)CC5)c(OC)c4)c4ncccc4c3)cnc12. The number of hydrogen-bond acceptors (Lipinski definition) is 13. The number of nitrogens with one attached hydrogen (secondary N) is 2. The maximum atomic E-state index is 14.4. The number of hydrogen-bond donors (Lipinski definition) is 2. The maximum Gasteiger partial charge on any atom is 0.416 e. The molecule has 1 saturated carbocycles. The molecule has 0 spiro atoms. The van der Waals surface area contributed by atoms with Gasteiger partial charge in [0, 0.05) is 99.3 Å². The first-order valence-electron chi connectivity index (χ1n) is 26.5. The molecule has 2 saturated heterocycles. The van der Waals surface area contributed by atoms with Gasteiger partial charge in [-0.05, 0) is 96.3 Å². The number of alkyl halides is 3. The van der Waals surface area contributed by atoms with Crippen molar-refractivity contribution in [2.45, 2.75) is 54.6 Å². The highest BCUT2D eigenvalue weighted by Gasteiger charge is 2.32. The zero-order valence-corrected chi connectivity index (χ0v) is 46.1. The highest BCUT2D eigenvalue weighted by molar-refractivity contribution is 7.93. The van der Waals surface area contributed by atoms with Crippen molar-refractivity contribution in [3.8, 4) is 22.6 Å². The number of carbonyl (C=O) groups excluding carboxylic acids is 3. The van der Waals surface area contributed by atoms with E-state index in [2.05, 4.69) is 19.4 Å². The Hall–Kier alpha value is -8.02. The summed E-state index contributed by atoms with van der Waals surface area (Å²) in [5, 5.41) is 0.913. The lowest BCUT2D eigenvalue weighted by molar-refractivity contribution is -0.137. The van der Waals surface area contributed by atoms with Gasteiger partial charge < -0.3 is 28.9 Å². The van der Waals surface area contributed by atoms with Crippen LogP contribution in [-0.2, 0) is 37.5 Å². The van der Waals surface area contributed by atoms with Gasteiger partial charge in [-0.25, -0.2) is 21.6 Å². The highest BCUT2D eigenvalue weighted by atomic mass is 32.2. The van der Waals surface area contributed by atoms with Crippen molar-refractivity contribution in [2.75, 3.05) is 82.6 Å². The summed E-state index contributed by atoms with van der Waals surface area (Å²) in [5.41, 5.74) is 1.85. The molecule has 3 amide bonds. The van der Waals surface area contributed by atoms with Crippen molar-refractivity contribution in [1.29, 1.82) is 0 Å². The van der Waals surface area contributed by atoms with E-state index in [0.29, 0.717) is 93.3 Å². The van der Waals surface area contributed by atoms with Gasteiger partial charge >= 0.3 is 12.3 Å². The fourth-order valence-corrected chi connectivity index (χ4v) is 13.1. The number of carbonyl (C=O) groups is 3. The fraction of sp³-hybridized carbons (Fsp3) is 0.328. The van der Waals surface area contributed by atoms with Gasteiger partial charge in [0.05, 0.1) is 54.4 Å². The second-order valence-corrected chi connectivity index (χ2v) is 23.5. The minimum absolute atomic E-state index is 0.0773. The molecule has 23 heteroatoms. The Morgan fingerprint density at radius 2 is 1.28 bits per heavy atom. The van der Waals surface area contributed by atoms with Gasteiger partial charge in [-0.3, -0.25) is 33.9 Å². The molecule has 1 aliphatic carbocycles. The molecular formula is C58H59F3N8O10S2. The quantitative estimate of drug-likeness (QED) is 0.0925. The number of amides is 3. The number of methoxy groups -OCH3 is 2. The number of anilines is 2. The van der Waals surface area contributed by atoms with Crippen LogP contribution in [0.5, 0.6) is 11.5 Å². The lowest BCUT2D eigenvalue weighted by atomic mass is 10.0. The van der Waals surface area contributed by atoms with Gasteiger partial charge in [0.25, 0.3) is 31.9 Å². The molecule has 4 heterocycles. The Bertz CT molecular complexity index is 3740. The highest BCUT2D eigenvalue weighted by Crippen LogP contribution is 2.36. The third-order valence-electron chi connectivity index (χ3n) is 15.0. The van der Waals surface area contributed by atoms with Crippen LogP contribution >= 0.6 is 0 Å². The first kappa shape index (κ1) is 56.3. The lowest BCUT2D eigenvalue weighted by Crippen LogP contribution is -2.50. The van der Waals surface area contributed by atoms with Crippen LogP contribution in [-0.4, -0.2) is 137 Å². The predicted octanol–water partition coefficient (Wildman–Crippen LogP) is 9.52. The van der Waals surface area contributed by atoms with E-state index in [0.717, 1.165) is 24.1 Å². The molecule has 5 aromatic carbocycles. The molecule has 2 N–H and O–H groups in total. The standard InChI is InChI=1S/C58H59F3N8O10S2/c1-77-49-35-46(17-18-47(49)56(71)68-24-22-66(23-25-68)37-39-12-15-45(16-13-39)58(59,60)61)64-81(75,76)52-34-43(31-41-10-6-21-62-54(41)52)44-32-40-9-5-11-51(53(40)63-36-44)80(73,74)65-48-19-14-42(33-50(48)78-2)55(70)67-26-28-69(29-27-67)57(72)79-30-20-38-7-3-4-8-38/h5-6,9-19,21,31-36,38,64-65H,3-4,7-8,20,22-30,37H2,1-2H3. The summed E-state index contributed by atoms with van der Waals surface area (Å²) in [5.74, 6) is 0.192. The van der Waals surface area contributed by atoms with Gasteiger partial charge in [-0.15, -0.1) is 0 Å². The number of nitrogens with zero attached hydrogens (tertiary/aromatic N) is 6. The number of halogens is 3. The molecule has 0 radical (unpaired) electrons. The van der Waals surface area contributed by atoms with Crippen molar-refractivity contribution in [3.05, 3.63) is 144 Å². The Morgan fingerprint density at radius 3 is 1.99 bits per heavy atom. The van der Waals surface area contributed by atoms with Gasteiger partial charge in [0.15, 0.2) is 0 Å². The smallest absolute Gasteiger partial charge is 0.416 e. The number of rotatable bonds is 16. The van der Waals surface area contributed by atoms with E-state index >= 15 is 0 Å². The van der Waals surface area contributed by atoms with Crippen LogP contribution in [0, 0.1) is 5.92 Å². The topological polar surface area (TPSA) is 210 Å². The molecule has 0 bridgehead atoms. The van der Waals surface area contributed by atoms with Crippen LogP contribution in [0.2, 0.25) is 0 Å². The maximum absolute atomic E-state index is 14.4. The molecule has 0 atom stereocenters. The van der Waals surface area contributed by atoms with Crippen molar-refractivity contribution in [2.24, 2.45) is 5.92 Å². The number of ether oxygens (including phenoxy) is 3. The average Bonchev–Trinajstić information content (AvgIpc) is 4.15. The second-order valence-electron chi connectivity index (χ2n) is 20.2. The zero-order chi connectivity index (χ0) is 57.1. The van der Waals surface area contributed by atoms with Crippen molar-refractivity contribution in [3.63, 3.8) is 0 Å². The largest absolute Gasteiger partial charge is 0.496 e. The second kappa shape index (κ2) is 23.6. The molecule has 18 nitrogen and oxygen atoms in total. The molecule has 3 fully saturated rings. The minimum Gasteiger partial charge on any atom is -0.496 e. The third-order valence-corrected chi connectivity index (χ3v) is 17.8. The summed E-state index contributed by atoms with van der Waals surface area (Å²) >= 11 is 0. The van der Waals surface area contributed by atoms with Crippen molar-refractivity contribution in [1.82, 2.24) is 29.6 Å². The van der Waals surface area contributed by atoms with Gasteiger partial charge in [0.2, 0.25) is 0 Å². The Balaban J connectivity index is 0.807. The normalized spacial score (nSPS) is 15.7. The van der Waals surface area contributed by atoms with Crippen LogP contribution in [0.1, 0.15) is 63.9 Å². The zero-order valence-electron chi connectivity index (χ0n) is 44.4. The van der Waals surface area contributed by atoms with Gasteiger partial charge in [-0.2, -0.15) is 13.2 Å². The third kappa shape index (κ3) is 12.6. The number of pyridine rings is 2. The first-order chi connectivity index (χ1) is 38.9. The summed E-state index contributed by atoms with van der Waals surface area (Å²) in [6.07, 6.45) is 3.77. The molecule has 0 unspecified atom stereocenters. The minimum atomic E-state index is -4.42. The summed E-state index contributed by atoms with van der Waals surface area (Å²) < 4.78 is 118. The van der Waals surface area contributed by atoms with Crippen molar-refractivity contribution >= 4 is 71.1 Å². The summed E-state index contributed by atoms with van der Waals surface area (Å²) in [7, 11) is -6.01. The van der Waals surface area contributed by atoms with E-state index in [-0.39, 0.29) is 72.7 Å². The molecular weight excluding hydrogens is 1090 g/mol. The van der Waals surface area contributed by atoms with Crippen LogP contribution in [0.4, 0.5) is 29.3 Å². The van der Waals surface area contributed by atoms with E-state index in [1.54, 1.807) is 51.1 Å². The molecule has 424 valence electrons. The number of benzene rings is 5. The predicted molar refractivity (Wildman–Crippen MR) is 298 cm³/mol. The van der Waals surface area contributed by atoms with Crippen LogP contribution in [0.15, 0.2) is 131 Å². The van der Waals surface area contributed by atoms with E-state index in [4.69, 9.17) is 14.2 Å². The monoisotopic (exact) mass is 1150 g/mol. The van der Waals surface area contributed by atoms with E-state index in [1.165, 1.54) is 113 Å². The van der Waals surface area contributed by atoms with Gasteiger partial charge in [-0.1, -0.05) is 56.0 Å². The van der Waals surface area contributed by atoms with E-state index < -0.39 is 31.8 Å². The molecule has 81 heavy (non-hydrogen) atoms. The summed E-state index contributed by atoms with van der Waals surface area (Å²) in [6.45, 7) is 3.67. The van der Waals surface area contributed by atoms with E-state index in [1.807, 2.05) is 4.90 Å². The number of piperazine rings is 2. The number of sulfonamides is 2. The number of para-hydroxylation sites is 1. The van der Waals surface area contributed by atoms with Crippen LogP contribution < -0.4 is 18.9 Å². The Kier molecular flexibility index (Phi) is 16.4. The molecule has 2 aromatic heterocycles. The lowest BCUT2D eigenvalue weighted by Gasteiger charge is -2.35. The number of fused-ring (bicyclic) bond motifs is 2. The Labute approximate surface area is 466 Å². The molecule has 3 aliphatic rings. The summed E-state index contributed by atoms with van der Waals surface area (Å²) in [6, 6.07) is 26.7. The molecule has 10 rings (SSSR count).